The lowest BCUT2D eigenvalue weighted by molar-refractivity contribution is 0.142. The molecular weight excluding hydrogens is 214 g/mol. The predicted octanol–water partition coefficient (Wildman–Crippen LogP) is 1.92. The smallest absolute Gasteiger partial charge is 0.101 e. The molecule has 1 fully saturated rings. The molecule has 17 heavy (non-hydrogen) atoms. The maximum absolute atomic E-state index is 9.50. The summed E-state index contributed by atoms with van der Waals surface area (Å²) in [5.41, 5.74) is 1.35. The molecule has 0 saturated heterocycles. The molecule has 0 aromatic carbocycles. The van der Waals surface area contributed by atoms with Gasteiger partial charge in [0.1, 0.15) is 6.07 Å². The molecule has 0 unspecified atom stereocenters. The van der Waals surface area contributed by atoms with Crippen LogP contribution in [0.15, 0.2) is 18.5 Å². The Morgan fingerprint density at radius 2 is 2.24 bits per heavy atom. The fourth-order valence-corrected chi connectivity index (χ4v) is 2.43. The zero-order chi connectivity index (χ0) is 12.1. The van der Waals surface area contributed by atoms with E-state index in [2.05, 4.69) is 16.4 Å². The first kappa shape index (κ1) is 11.9. The quantitative estimate of drug-likeness (QED) is 0.830. The molecule has 0 amide bonds. The molecule has 1 heterocycles. The zero-order valence-electron chi connectivity index (χ0n) is 9.82. The minimum Gasteiger partial charge on any atom is -0.396 e. The molecule has 1 aromatic heterocycles. The van der Waals surface area contributed by atoms with Crippen LogP contribution in [0, 0.1) is 16.7 Å². The molecule has 4 nitrogen and oxygen atoms in total. The van der Waals surface area contributed by atoms with Gasteiger partial charge in [0.15, 0.2) is 0 Å². The Morgan fingerprint density at radius 1 is 1.47 bits per heavy atom. The fraction of sp³-hybridized carbons (Fsp3) is 0.538. The zero-order valence-corrected chi connectivity index (χ0v) is 9.82. The molecule has 1 aliphatic carbocycles. The van der Waals surface area contributed by atoms with Crippen molar-refractivity contribution >= 4 is 5.69 Å². The van der Waals surface area contributed by atoms with Crippen LogP contribution in [-0.4, -0.2) is 23.2 Å². The van der Waals surface area contributed by atoms with Crippen molar-refractivity contribution in [1.29, 1.82) is 5.26 Å². The number of aromatic nitrogens is 1. The molecule has 0 spiro atoms. The third-order valence-electron chi connectivity index (χ3n) is 3.59. The number of hydrogen-bond donors (Lipinski definition) is 2. The van der Waals surface area contributed by atoms with E-state index in [0.717, 1.165) is 18.5 Å². The van der Waals surface area contributed by atoms with Crippen molar-refractivity contribution in [3.05, 3.63) is 24.0 Å². The number of rotatable bonds is 4. The highest BCUT2D eigenvalue weighted by Crippen LogP contribution is 2.37. The van der Waals surface area contributed by atoms with Gasteiger partial charge in [-0.3, -0.25) is 4.98 Å². The molecule has 2 rings (SSSR count). The van der Waals surface area contributed by atoms with E-state index in [4.69, 9.17) is 5.26 Å². The molecule has 4 heteroatoms. The summed E-state index contributed by atoms with van der Waals surface area (Å²) in [5.74, 6) is 0. The lowest BCUT2D eigenvalue weighted by atomic mass is 9.87. The maximum Gasteiger partial charge on any atom is 0.101 e. The van der Waals surface area contributed by atoms with Gasteiger partial charge in [0.05, 0.1) is 24.1 Å². The second-order valence-electron chi connectivity index (χ2n) is 4.75. The first-order chi connectivity index (χ1) is 8.29. The molecule has 0 radical (unpaired) electrons. The highest BCUT2D eigenvalue weighted by Gasteiger charge is 2.32. The molecule has 0 bridgehead atoms. The molecular formula is C13H17N3O. The predicted molar refractivity (Wildman–Crippen MR) is 65.4 cm³/mol. The molecule has 90 valence electrons. The Hall–Kier alpha value is -1.60. The fourth-order valence-electron chi connectivity index (χ4n) is 2.43. The van der Waals surface area contributed by atoms with Crippen molar-refractivity contribution in [3.8, 4) is 6.07 Å². The van der Waals surface area contributed by atoms with Crippen LogP contribution in [0.3, 0.4) is 0 Å². The van der Waals surface area contributed by atoms with Crippen LogP contribution in [0.25, 0.3) is 0 Å². The van der Waals surface area contributed by atoms with Gasteiger partial charge in [0.25, 0.3) is 0 Å². The molecule has 1 aliphatic rings. The lowest BCUT2D eigenvalue weighted by Gasteiger charge is -2.27. The van der Waals surface area contributed by atoms with Crippen LogP contribution in [-0.2, 0) is 0 Å². The Kier molecular flexibility index (Phi) is 3.60. The Labute approximate surface area is 101 Å². The van der Waals surface area contributed by atoms with Gasteiger partial charge in [-0.1, -0.05) is 12.8 Å². The van der Waals surface area contributed by atoms with Crippen LogP contribution >= 0.6 is 0 Å². The van der Waals surface area contributed by atoms with Crippen LogP contribution in [0.4, 0.5) is 5.69 Å². The van der Waals surface area contributed by atoms with Gasteiger partial charge in [0.2, 0.25) is 0 Å². The first-order valence-corrected chi connectivity index (χ1v) is 5.98. The minimum absolute atomic E-state index is 0.0113. The van der Waals surface area contributed by atoms with Crippen LogP contribution in [0.2, 0.25) is 0 Å². The summed E-state index contributed by atoms with van der Waals surface area (Å²) in [6, 6.07) is 3.83. The number of nitrogens with zero attached hydrogens (tertiary/aromatic N) is 2. The highest BCUT2D eigenvalue weighted by atomic mass is 16.3. The number of aliphatic hydroxyl groups excluding tert-OH is 1. The topological polar surface area (TPSA) is 68.9 Å². The largest absolute Gasteiger partial charge is 0.396 e. The molecule has 1 saturated carbocycles. The number of anilines is 1. The summed E-state index contributed by atoms with van der Waals surface area (Å²) in [7, 11) is 0. The van der Waals surface area contributed by atoms with Crippen molar-refractivity contribution in [2.75, 3.05) is 18.5 Å². The summed E-state index contributed by atoms with van der Waals surface area (Å²) in [4.78, 5) is 4.01. The van der Waals surface area contributed by atoms with E-state index >= 15 is 0 Å². The monoisotopic (exact) mass is 231 g/mol. The number of hydrogen-bond acceptors (Lipinski definition) is 4. The Balaban J connectivity index is 2.04. The van der Waals surface area contributed by atoms with E-state index in [1.54, 1.807) is 18.5 Å². The third kappa shape index (κ3) is 2.56. The lowest BCUT2D eigenvalue weighted by Crippen LogP contribution is -2.30. The summed E-state index contributed by atoms with van der Waals surface area (Å²) < 4.78 is 0. The van der Waals surface area contributed by atoms with Crippen molar-refractivity contribution in [1.82, 2.24) is 4.98 Å². The minimum atomic E-state index is -0.0113. The average molecular weight is 231 g/mol. The second kappa shape index (κ2) is 5.15. The van der Waals surface area contributed by atoms with E-state index in [0.29, 0.717) is 12.1 Å². The van der Waals surface area contributed by atoms with Crippen molar-refractivity contribution in [2.45, 2.75) is 25.7 Å². The average Bonchev–Trinajstić information content (AvgIpc) is 2.86. The van der Waals surface area contributed by atoms with Gasteiger partial charge >= 0.3 is 0 Å². The molecule has 0 aliphatic heterocycles. The van der Waals surface area contributed by atoms with E-state index in [1.807, 2.05) is 0 Å². The Morgan fingerprint density at radius 3 is 2.88 bits per heavy atom. The van der Waals surface area contributed by atoms with Crippen LogP contribution in [0.1, 0.15) is 31.2 Å². The van der Waals surface area contributed by atoms with Crippen molar-refractivity contribution < 1.29 is 5.11 Å². The third-order valence-corrected chi connectivity index (χ3v) is 3.59. The van der Waals surface area contributed by atoms with Gasteiger partial charge in [0, 0.05) is 18.2 Å². The number of nitrogens with one attached hydrogen (secondary N) is 1. The SMILES string of the molecule is N#Cc1ccncc1NCC1(CO)CCCC1. The first-order valence-electron chi connectivity index (χ1n) is 5.98. The summed E-state index contributed by atoms with van der Waals surface area (Å²) in [6.45, 7) is 0.923. The van der Waals surface area contributed by atoms with E-state index in [9.17, 15) is 5.11 Å². The second-order valence-corrected chi connectivity index (χ2v) is 4.75. The maximum atomic E-state index is 9.50. The van der Waals surface area contributed by atoms with Gasteiger partial charge < -0.3 is 10.4 Å². The van der Waals surface area contributed by atoms with Gasteiger partial charge in [-0.2, -0.15) is 5.26 Å². The number of pyridine rings is 1. The van der Waals surface area contributed by atoms with E-state index < -0.39 is 0 Å². The highest BCUT2D eigenvalue weighted by molar-refractivity contribution is 5.55. The van der Waals surface area contributed by atoms with Gasteiger partial charge in [-0.25, -0.2) is 0 Å². The van der Waals surface area contributed by atoms with E-state index in [1.165, 1.54) is 12.8 Å². The summed E-state index contributed by atoms with van der Waals surface area (Å²) >= 11 is 0. The normalized spacial score (nSPS) is 17.6. The van der Waals surface area contributed by atoms with Crippen molar-refractivity contribution in [3.63, 3.8) is 0 Å². The van der Waals surface area contributed by atoms with E-state index in [-0.39, 0.29) is 12.0 Å². The Bertz CT molecular complexity index is 419. The van der Waals surface area contributed by atoms with Crippen LogP contribution < -0.4 is 5.32 Å². The molecule has 1 aromatic rings. The summed E-state index contributed by atoms with van der Waals surface area (Å²) in [6.07, 6.45) is 7.75. The summed E-state index contributed by atoms with van der Waals surface area (Å²) in [5, 5.41) is 21.7. The standard InChI is InChI=1S/C13H17N3O/c14-7-11-3-6-15-8-12(11)16-9-13(10-17)4-1-2-5-13/h3,6,8,16-17H,1-2,4-5,9-10H2. The van der Waals surface area contributed by atoms with Crippen LogP contribution in [0.5, 0.6) is 0 Å². The van der Waals surface area contributed by atoms with Gasteiger partial charge in [-0.15, -0.1) is 0 Å². The van der Waals surface area contributed by atoms with Gasteiger partial charge in [-0.05, 0) is 18.9 Å². The molecule has 2 N–H and O–H groups in total. The number of aliphatic hydroxyl groups is 1. The molecule has 0 atom stereocenters. The number of nitriles is 1. The van der Waals surface area contributed by atoms with Crippen molar-refractivity contribution in [2.24, 2.45) is 5.41 Å².